The standard InChI is InChI=1S/C18H22N2O3S/c1-5-9-20(10-6-2)12-16-17(19-18(21)24-16)14-11-13(22-3)7-8-15(14)23-4/h5-8,11H,1-2,9-10,12H2,3-4H3,(H,19,21). The molecule has 24 heavy (non-hydrogen) atoms. The second kappa shape index (κ2) is 8.52. The molecule has 6 heteroatoms. The van der Waals surface area contributed by atoms with Gasteiger partial charge < -0.3 is 14.5 Å². The molecule has 0 aliphatic heterocycles. The average molecular weight is 346 g/mol. The van der Waals surface area contributed by atoms with Gasteiger partial charge in [0.2, 0.25) is 0 Å². The minimum Gasteiger partial charge on any atom is -0.497 e. The lowest BCUT2D eigenvalue weighted by molar-refractivity contribution is 0.331. The molecule has 2 aromatic rings. The van der Waals surface area contributed by atoms with Crippen LogP contribution in [0, 0.1) is 0 Å². The second-order valence-electron chi connectivity index (χ2n) is 5.15. The van der Waals surface area contributed by atoms with Gasteiger partial charge in [-0.1, -0.05) is 23.5 Å². The number of methoxy groups -OCH3 is 2. The molecule has 0 saturated carbocycles. The first-order valence-corrected chi connectivity index (χ1v) is 8.33. The zero-order valence-corrected chi connectivity index (χ0v) is 14.8. The van der Waals surface area contributed by atoms with Gasteiger partial charge in [0.1, 0.15) is 11.5 Å². The summed E-state index contributed by atoms with van der Waals surface area (Å²) in [7, 11) is 3.22. The molecule has 1 heterocycles. The molecule has 0 saturated heterocycles. The summed E-state index contributed by atoms with van der Waals surface area (Å²) in [6.07, 6.45) is 3.68. The second-order valence-corrected chi connectivity index (χ2v) is 6.22. The smallest absolute Gasteiger partial charge is 0.305 e. The Labute approximate surface area is 145 Å². The van der Waals surface area contributed by atoms with Crippen molar-refractivity contribution >= 4 is 11.3 Å². The summed E-state index contributed by atoms with van der Waals surface area (Å²) in [6.45, 7) is 9.62. The molecule has 0 amide bonds. The Kier molecular flexibility index (Phi) is 6.40. The SMILES string of the molecule is C=CCN(CC=C)Cc1sc(=O)[nH]c1-c1cc(OC)ccc1OC. The Morgan fingerprint density at radius 1 is 1.21 bits per heavy atom. The van der Waals surface area contributed by atoms with Crippen LogP contribution in [0.4, 0.5) is 0 Å². The van der Waals surface area contributed by atoms with Crippen LogP contribution in [0.15, 0.2) is 48.3 Å². The first kappa shape index (κ1) is 18.0. The van der Waals surface area contributed by atoms with Gasteiger partial charge in [0.15, 0.2) is 0 Å². The molecule has 128 valence electrons. The molecular weight excluding hydrogens is 324 g/mol. The highest BCUT2D eigenvalue weighted by molar-refractivity contribution is 7.09. The Hall–Kier alpha value is -2.31. The molecule has 0 aliphatic rings. The zero-order valence-electron chi connectivity index (χ0n) is 14.0. The molecular formula is C18H22N2O3S. The van der Waals surface area contributed by atoms with Gasteiger partial charge in [-0.3, -0.25) is 9.69 Å². The number of aromatic amines is 1. The van der Waals surface area contributed by atoms with Crippen molar-refractivity contribution in [3.05, 3.63) is 58.1 Å². The van der Waals surface area contributed by atoms with Crippen molar-refractivity contribution in [1.82, 2.24) is 9.88 Å². The number of rotatable bonds is 9. The number of benzene rings is 1. The summed E-state index contributed by atoms with van der Waals surface area (Å²) in [6, 6.07) is 5.53. The molecule has 2 rings (SSSR count). The van der Waals surface area contributed by atoms with E-state index in [4.69, 9.17) is 9.47 Å². The van der Waals surface area contributed by atoms with Crippen LogP contribution in [0.25, 0.3) is 11.3 Å². The van der Waals surface area contributed by atoms with Gasteiger partial charge in [-0.25, -0.2) is 0 Å². The Balaban J connectivity index is 2.46. The molecule has 1 N–H and O–H groups in total. The molecule has 0 radical (unpaired) electrons. The quantitative estimate of drug-likeness (QED) is 0.708. The van der Waals surface area contributed by atoms with Crippen molar-refractivity contribution in [2.45, 2.75) is 6.54 Å². The summed E-state index contributed by atoms with van der Waals surface area (Å²) in [5, 5.41) is 0. The van der Waals surface area contributed by atoms with E-state index in [1.807, 2.05) is 30.4 Å². The van der Waals surface area contributed by atoms with Gasteiger partial charge in [0.05, 0.1) is 19.9 Å². The maximum absolute atomic E-state index is 12.0. The summed E-state index contributed by atoms with van der Waals surface area (Å²) < 4.78 is 10.7. The van der Waals surface area contributed by atoms with Gasteiger partial charge in [-0.15, -0.1) is 13.2 Å². The molecule has 0 atom stereocenters. The van der Waals surface area contributed by atoms with E-state index in [1.54, 1.807) is 14.2 Å². The largest absolute Gasteiger partial charge is 0.497 e. The van der Waals surface area contributed by atoms with Gasteiger partial charge in [0, 0.05) is 30.1 Å². The maximum Gasteiger partial charge on any atom is 0.305 e. The fourth-order valence-electron chi connectivity index (χ4n) is 2.47. The van der Waals surface area contributed by atoms with E-state index in [9.17, 15) is 4.79 Å². The molecule has 0 fully saturated rings. The number of aromatic nitrogens is 1. The van der Waals surface area contributed by atoms with Crippen LogP contribution in [0.5, 0.6) is 11.5 Å². The number of hydrogen-bond acceptors (Lipinski definition) is 5. The van der Waals surface area contributed by atoms with Crippen LogP contribution >= 0.6 is 11.3 Å². The minimum absolute atomic E-state index is 0.0953. The zero-order chi connectivity index (χ0) is 17.5. The first-order valence-electron chi connectivity index (χ1n) is 7.51. The van der Waals surface area contributed by atoms with Crippen LogP contribution in [-0.2, 0) is 6.54 Å². The van der Waals surface area contributed by atoms with Crippen LogP contribution in [0.3, 0.4) is 0 Å². The molecule has 0 spiro atoms. The first-order chi connectivity index (χ1) is 11.6. The van der Waals surface area contributed by atoms with E-state index in [2.05, 4.69) is 23.0 Å². The number of hydrogen-bond donors (Lipinski definition) is 1. The average Bonchev–Trinajstić information content (AvgIpc) is 2.95. The summed E-state index contributed by atoms with van der Waals surface area (Å²) >= 11 is 1.20. The van der Waals surface area contributed by atoms with Crippen molar-refractivity contribution in [3.63, 3.8) is 0 Å². The number of nitrogens with one attached hydrogen (secondary N) is 1. The predicted molar refractivity (Wildman–Crippen MR) is 99.2 cm³/mol. The fraction of sp³-hybridized carbons (Fsp3) is 0.278. The summed E-state index contributed by atoms with van der Waals surface area (Å²) in [4.78, 5) is 17.9. The highest BCUT2D eigenvalue weighted by atomic mass is 32.1. The lowest BCUT2D eigenvalue weighted by Gasteiger charge is -2.19. The third-order valence-corrected chi connectivity index (χ3v) is 4.41. The molecule has 0 unspecified atom stereocenters. The minimum atomic E-state index is -0.0953. The number of thiazole rings is 1. The van der Waals surface area contributed by atoms with E-state index >= 15 is 0 Å². The van der Waals surface area contributed by atoms with Crippen molar-refractivity contribution in [1.29, 1.82) is 0 Å². The van der Waals surface area contributed by atoms with Crippen molar-refractivity contribution in [2.75, 3.05) is 27.3 Å². The summed E-state index contributed by atoms with van der Waals surface area (Å²) in [5.74, 6) is 1.39. The third-order valence-electron chi connectivity index (χ3n) is 3.54. The van der Waals surface area contributed by atoms with Crippen molar-refractivity contribution in [2.24, 2.45) is 0 Å². The molecule has 0 aliphatic carbocycles. The van der Waals surface area contributed by atoms with E-state index in [0.29, 0.717) is 31.1 Å². The van der Waals surface area contributed by atoms with E-state index in [-0.39, 0.29) is 4.87 Å². The van der Waals surface area contributed by atoms with Gasteiger partial charge in [-0.2, -0.15) is 0 Å². The Morgan fingerprint density at radius 3 is 2.50 bits per heavy atom. The van der Waals surface area contributed by atoms with Gasteiger partial charge in [0.25, 0.3) is 0 Å². The Bertz CT molecular complexity index is 754. The maximum atomic E-state index is 12.0. The third kappa shape index (κ3) is 4.15. The van der Waals surface area contributed by atoms with E-state index in [1.165, 1.54) is 11.3 Å². The summed E-state index contributed by atoms with van der Waals surface area (Å²) in [5.41, 5.74) is 1.57. The van der Waals surface area contributed by atoms with Crippen LogP contribution in [0.1, 0.15) is 4.88 Å². The van der Waals surface area contributed by atoms with Crippen molar-refractivity contribution < 1.29 is 9.47 Å². The highest BCUT2D eigenvalue weighted by Crippen LogP contribution is 2.35. The highest BCUT2D eigenvalue weighted by Gasteiger charge is 2.17. The monoisotopic (exact) mass is 346 g/mol. The molecule has 1 aromatic heterocycles. The van der Waals surface area contributed by atoms with Crippen LogP contribution < -0.4 is 14.3 Å². The topological polar surface area (TPSA) is 54.6 Å². The van der Waals surface area contributed by atoms with E-state index in [0.717, 1.165) is 16.1 Å². The van der Waals surface area contributed by atoms with Crippen LogP contribution in [0.2, 0.25) is 0 Å². The van der Waals surface area contributed by atoms with Crippen molar-refractivity contribution in [3.8, 4) is 22.8 Å². The Morgan fingerprint density at radius 2 is 1.92 bits per heavy atom. The van der Waals surface area contributed by atoms with Gasteiger partial charge in [-0.05, 0) is 18.2 Å². The molecule has 5 nitrogen and oxygen atoms in total. The fourth-order valence-corrected chi connectivity index (χ4v) is 3.36. The van der Waals surface area contributed by atoms with Crippen LogP contribution in [-0.4, -0.2) is 37.2 Å². The number of ether oxygens (including phenoxy) is 2. The van der Waals surface area contributed by atoms with E-state index < -0.39 is 0 Å². The molecule has 1 aromatic carbocycles. The lowest BCUT2D eigenvalue weighted by Crippen LogP contribution is -2.23. The number of nitrogens with zero attached hydrogens (tertiary/aromatic N) is 1. The normalized spacial score (nSPS) is 10.6. The molecule has 0 bridgehead atoms. The van der Waals surface area contributed by atoms with Gasteiger partial charge >= 0.3 is 4.87 Å². The number of H-pyrrole nitrogens is 1. The lowest BCUT2D eigenvalue weighted by atomic mass is 10.1. The predicted octanol–water partition coefficient (Wildman–Crippen LogP) is 3.29.